The van der Waals surface area contributed by atoms with Crippen LogP contribution in [0.2, 0.25) is 0 Å². The smallest absolute Gasteiger partial charge is 0.0494 e. The Bertz CT molecular complexity index is 194. The normalized spacial score (nSPS) is 26.4. The molecule has 3 heteroatoms. The Balaban J connectivity index is 1.43. The van der Waals surface area contributed by atoms with Crippen molar-refractivity contribution in [3.63, 3.8) is 0 Å². The molecule has 0 bridgehead atoms. The van der Waals surface area contributed by atoms with Gasteiger partial charge < -0.3 is 15.0 Å². The van der Waals surface area contributed by atoms with Crippen molar-refractivity contribution in [2.75, 3.05) is 46.4 Å². The van der Waals surface area contributed by atoms with Crippen LogP contribution in [0.25, 0.3) is 0 Å². The lowest BCUT2D eigenvalue weighted by molar-refractivity contribution is 0.114. The SMILES string of the molecule is CNCC1CCN(CCCOCC2CC2)C1. The molecule has 0 spiro atoms. The maximum Gasteiger partial charge on any atom is 0.0494 e. The van der Waals surface area contributed by atoms with Crippen molar-refractivity contribution in [1.29, 1.82) is 0 Å². The molecule has 1 unspecified atom stereocenters. The van der Waals surface area contributed by atoms with E-state index in [9.17, 15) is 0 Å². The van der Waals surface area contributed by atoms with E-state index in [0.29, 0.717) is 0 Å². The summed E-state index contributed by atoms with van der Waals surface area (Å²) >= 11 is 0. The fourth-order valence-electron chi connectivity index (χ4n) is 2.50. The fraction of sp³-hybridized carbons (Fsp3) is 1.00. The van der Waals surface area contributed by atoms with Gasteiger partial charge in [0.1, 0.15) is 0 Å². The molecule has 0 amide bonds. The zero-order valence-electron chi connectivity index (χ0n) is 10.6. The van der Waals surface area contributed by atoms with Gasteiger partial charge in [-0.3, -0.25) is 0 Å². The van der Waals surface area contributed by atoms with E-state index >= 15 is 0 Å². The van der Waals surface area contributed by atoms with Crippen LogP contribution in [0, 0.1) is 11.8 Å². The van der Waals surface area contributed by atoms with E-state index in [0.717, 1.165) is 25.0 Å². The Morgan fingerprint density at radius 1 is 1.25 bits per heavy atom. The Hall–Kier alpha value is -0.120. The molecule has 1 aliphatic heterocycles. The van der Waals surface area contributed by atoms with Gasteiger partial charge in [0.05, 0.1) is 0 Å². The molecule has 0 aromatic rings. The molecule has 2 aliphatic rings. The summed E-state index contributed by atoms with van der Waals surface area (Å²) in [5, 5.41) is 3.27. The van der Waals surface area contributed by atoms with Gasteiger partial charge in [-0.1, -0.05) is 0 Å². The Labute approximate surface area is 99.5 Å². The fourth-order valence-corrected chi connectivity index (χ4v) is 2.50. The van der Waals surface area contributed by atoms with Crippen molar-refractivity contribution >= 4 is 0 Å². The monoisotopic (exact) mass is 226 g/mol. The molecule has 1 N–H and O–H groups in total. The third kappa shape index (κ3) is 4.40. The standard InChI is InChI=1S/C13H26N2O/c1-14-9-13-5-7-15(10-13)6-2-8-16-11-12-3-4-12/h12-14H,2-11H2,1H3. The van der Waals surface area contributed by atoms with E-state index in [4.69, 9.17) is 4.74 Å². The molecule has 1 saturated carbocycles. The molecule has 1 atom stereocenters. The number of likely N-dealkylation sites (tertiary alicyclic amines) is 1. The van der Waals surface area contributed by atoms with E-state index in [2.05, 4.69) is 10.2 Å². The van der Waals surface area contributed by atoms with Crippen molar-refractivity contribution in [3.05, 3.63) is 0 Å². The molecule has 0 aromatic heterocycles. The Morgan fingerprint density at radius 2 is 2.12 bits per heavy atom. The van der Waals surface area contributed by atoms with Gasteiger partial charge in [-0.2, -0.15) is 0 Å². The average Bonchev–Trinajstić information content (AvgIpc) is 2.99. The highest BCUT2D eigenvalue weighted by Gasteiger charge is 2.22. The molecule has 16 heavy (non-hydrogen) atoms. The first kappa shape index (κ1) is 12.3. The number of rotatable bonds is 8. The second kappa shape index (κ2) is 6.58. The van der Waals surface area contributed by atoms with Crippen molar-refractivity contribution in [2.24, 2.45) is 11.8 Å². The average molecular weight is 226 g/mol. The molecule has 0 aromatic carbocycles. The molecule has 1 heterocycles. The van der Waals surface area contributed by atoms with Crippen LogP contribution >= 0.6 is 0 Å². The van der Waals surface area contributed by atoms with Crippen LogP contribution in [0.4, 0.5) is 0 Å². The lowest BCUT2D eigenvalue weighted by Gasteiger charge is -2.15. The summed E-state index contributed by atoms with van der Waals surface area (Å²) in [5.41, 5.74) is 0. The molecule has 0 radical (unpaired) electrons. The van der Waals surface area contributed by atoms with Crippen LogP contribution in [0.1, 0.15) is 25.7 Å². The summed E-state index contributed by atoms with van der Waals surface area (Å²) in [6.07, 6.45) is 5.37. The highest BCUT2D eigenvalue weighted by molar-refractivity contribution is 4.76. The van der Waals surface area contributed by atoms with Crippen LogP contribution in [-0.2, 0) is 4.74 Å². The molecule has 1 aliphatic carbocycles. The number of nitrogens with one attached hydrogen (secondary N) is 1. The van der Waals surface area contributed by atoms with Gasteiger partial charge in [-0.15, -0.1) is 0 Å². The minimum absolute atomic E-state index is 0.873. The number of nitrogens with zero attached hydrogens (tertiary/aromatic N) is 1. The summed E-state index contributed by atoms with van der Waals surface area (Å²) in [6.45, 7) is 6.95. The van der Waals surface area contributed by atoms with E-state index in [1.54, 1.807) is 0 Å². The van der Waals surface area contributed by atoms with Crippen molar-refractivity contribution in [3.8, 4) is 0 Å². The molecule has 94 valence electrons. The first-order chi connectivity index (χ1) is 7.88. The van der Waals surface area contributed by atoms with Gasteiger partial charge in [0, 0.05) is 26.3 Å². The lowest BCUT2D eigenvalue weighted by Crippen LogP contribution is -2.26. The molecule has 2 fully saturated rings. The highest BCUT2D eigenvalue weighted by atomic mass is 16.5. The minimum Gasteiger partial charge on any atom is -0.381 e. The summed E-state index contributed by atoms with van der Waals surface area (Å²) in [4.78, 5) is 2.59. The number of hydrogen-bond donors (Lipinski definition) is 1. The lowest BCUT2D eigenvalue weighted by atomic mass is 10.1. The topological polar surface area (TPSA) is 24.5 Å². The van der Waals surface area contributed by atoms with Crippen molar-refractivity contribution in [2.45, 2.75) is 25.7 Å². The third-order valence-electron chi connectivity index (χ3n) is 3.68. The van der Waals surface area contributed by atoms with Crippen LogP contribution in [0.5, 0.6) is 0 Å². The van der Waals surface area contributed by atoms with Crippen molar-refractivity contribution < 1.29 is 4.74 Å². The number of hydrogen-bond acceptors (Lipinski definition) is 3. The summed E-state index contributed by atoms with van der Waals surface area (Å²) in [7, 11) is 2.05. The second-order valence-electron chi connectivity index (χ2n) is 5.38. The highest BCUT2D eigenvalue weighted by Crippen LogP contribution is 2.28. The van der Waals surface area contributed by atoms with Gasteiger partial charge in [0.15, 0.2) is 0 Å². The summed E-state index contributed by atoms with van der Waals surface area (Å²) < 4.78 is 5.65. The maximum absolute atomic E-state index is 5.65. The van der Waals surface area contributed by atoms with Crippen LogP contribution in [0.15, 0.2) is 0 Å². The second-order valence-corrected chi connectivity index (χ2v) is 5.38. The van der Waals surface area contributed by atoms with E-state index in [1.165, 1.54) is 51.9 Å². The van der Waals surface area contributed by atoms with E-state index < -0.39 is 0 Å². The van der Waals surface area contributed by atoms with E-state index in [1.807, 2.05) is 7.05 Å². The zero-order chi connectivity index (χ0) is 11.2. The van der Waals surface area contributed by atoms with Gasteiger partial charge in [-0.05, 0) is 57.7 Å². The molecule has 1 saturated heterocycles. The van der Waals surface area contributed by atoms with Gasteiger partial charge in [0.25, 0.3) is 0 Å². The maximum atomic E-state index is 5.65. The van der Waals surface area contributed by atoms with E-state index in [-0.39, 0.29) is 0 Å². The molecular formula is C13H26N2O. The van der Waals surface area contributed by atoms with Crippen molar-refractivity contribution in [1.82, 2.24) is 10.2 Å². The predicted molar refractivity (Wildman–Crippen MR) is 66.6 cm³/mol. The van der Waals surface area contributed by atoms with Gasteiger partial charge >= 0.3 is 0 Å². The largest absolute Gasteiger partial charge is 0.381 e. The molecular weight excluding hydrogens is 200 g/mol. The van der Waals surface area contributed by atoms with Gasteiger partial charge in [0.2, 0.25) is 0 Å². The third-order valence-corrected chi connectivity index (χ3v) is 3.68. The van der Waals surface area contributed by atoms with Crippen LogP contribution in [-0.4, -0.2) is 51.3 Å². The first-order valence-electron chi connectivity index (χ1n) is 6.83. The molecule has 3 nitrogen and oxygen atoms in total. The van der Waals surface area contributed by atoms with Gasteiger partial charge in [-0.25, -0.2) is 0 Å². The number of ether oxygens (including phenoxy) is 1. The first-order valence-corrected chi connectivity index (χ1v) is 6.83. The Kier molecular flexibility index (Phi) is 5.07. The summed E-state index contributed by atoms with van der Waals surface area (Å²) in [5.74, 6) is 1.78. The van der Waals surface area contributed by atoms with Crippen LogP contribution < -0.4 is 5.32 Å². The quantitative estimate of drug-likeness (QED) is 0.632. The summed E-state index contributed by atoms with van der Waals surface area (Å²) in [6, 6.07) is 0. The molecule has 2 rings (SSSR count). The predicted octanol–water partition coefficient (Wildman–Crippen LogP) is 1.34. The zero-order valence-corrected chi connectivity index (χ0v) is 10.6. The Morgan fingerprint density at radius 3 is 2.88 bits per heavy atom. The minimum atomic E-state index is 0.873. The van der Waals surface area contributed by atoms with Crippen LogP contribution in [0.3, 0.4) is 0 Å².